The van der Waals surface area contributed by atoms with E-state index in [4.69, 9.17) is 4.74 Å². The van der Waals surface area contributed by atoms with E-state index in [-0.39, 0.29) is 23.7 Å². The number of hydrogen-bond acceptors (Lipinski definition) is 5. The smallest absolute Gasteiger partial charge is 0.234 e. The molecule has 0 unspecified atom stereocenters. The van der Waals surface area contributed by atoms with Gasteiger partial charge in [-0.3, -0.25) is 19.4 Å². The molecule has 0 aromatic rings. The van der Waals surface area contributed by atoms with Gasteiger partial charge >= 0.3 is 0 Å². The molecule has 3 aliphatic heterocycles. The second-order valence-electron chi connectivity index (χ2n) is 5.15. The Hall–Kier alpha value is -0.980. The molecule has 6 nitrogen and oxygen atoms in total. The minimum Gasteiger partial charge on any atom is -0.379 e. The molecule has 3 saturated heterocycles. The molecule has 0 radical (unpaired) electrons. The van der Waals surface area contributed by atoms with Crippen LogP contribution in [-0.2, 0) is 14.3 Å². The third-order valence-electron chi connectivity index (χ3n) is 4.12. The van der Waals surface area contributed by atoms with Crippen molar-refractivity contribution in [3.63, 3.8) is 0 Å². The third kappa shape index (κ3) is 2.04. The molecule has 0 aromatic heterocycles. The van der Waals surface area contributed by atoms with Crippen molar-refractivity contribution < 1.29 is 14.3 Å². The number of imide groups is 1. The highest BCUT2D eigenvalue weighted by molar-refractivity contribution is 6.05. The SMILES string of the molecule is O=C1[C@H]2CNC[C@H]2C(=O)N1CCN1CCOCC1. The molecule has 3 rings (SSSR count). The summed E-state index contributed by atoms with van der Waals surface area (Å²) < 4.78 is 5.28. The molecule has 2 atom stereocenters. The lowest BCUT2D eigenvalue weighted by atomic mass is 10.00. The summed E-state index contributed by atoms with van der Waals surface area (Å²) in [6.07, 6.45) is 0. The fourth-order valence-corrected chi connectivity index (χ4v) is 2.99. The third-order valence-corrected chi connectivity index (χ3v) is 4.12. The number of morpholine rings is 1. The number of likely N-dealkylation sites (tertiary alicyclic amines) is 1. The Labute approximate surface area is 106 Å². The predicted octanol–water partition coefficient (Wildman–Crippen LogP) is -1.48. The second-order valence-corrected chi connectivity index (χ2v) is 5.15. The van der Waals surface area contributed by atoms with Crippen LogP contribution < -0.4 is 5.32 Å². The zero-order chi connectivity index (χ0) is 12.5. The highest BCUT2D eigenvalue weighted by Gasteiger charge is 2.49. The molecule has 0 aliphatic carbocycles. The number of rotatable bonds is 3. The number of hydrogen-bond donors (Lipinski definition) is 1. The van der Waals surface area contributed by atoms with Crippen molar-refractivity contribution in [2.24, 2.45) is 11.8 Å². The Morgan fingerprint density at radius 3 is 2.28 bits per heavy atom. The number of nitrogens with zero attached hydrogens (tertiary/aromatic N) is 2. The van der Waals surface area contributed by atoms with Crippen LogP contribution in [0.3, 0.4) is 0 Å². The monoisotopic (exact) mass is 253 g/mol. The van der Waals surface area contributed by atoms with E-state index < -0.39 is 0 Å². The molecule has 3 heterocycles. The standard InChI is InChI=1S/C12H19N3O3/c16-11-9-7-13-8-10(9)12(17)15(11)2-1-14-3-5-18-6-4-14/h9-10,13H,1-8H2/t9-,10+. The summed E-state index contributed by atoms with van der Waals surface area (Å²) in [5.41, 5.74) is 0. The number of carbonyl (C=O) groups is 2. The molecule has 2 amide bonds. The van der Waals surface area contributed by atoms with Crippen molar-refractivity contribution in [2.75, 3.05) is 52.5 Å². The summed E-state index contributed by atoms with van der Waals surface area (Å²) in [7, 11) is 0. The molecule has 0 spiro atoms. The maximum absolute atomic E-state index is 12.1. The highest BCUT2D eigenvalue weighted by Crippen LogP contribution is 2.28. The normalized spacial score (nSPS) is 33.2. The van der Waals surface area contributed by atoms with Crippen LogP contribution in [-0.4, -0.2) is 74.1 Å². The van der Waals surface area contributed by atoms with E-state index in [9.17, 15) is 9.59 Å². The maximum Gasteiger partial charge on any atom is 0.234 e. The van der Waals surface area contributed by atoms with Gasteiger partial charge in [-0.2, -0.15) is 0 Å². The molecule has 0 bridgehead atoms. The van der Waals surface area contributed by atoms with E-state index in [0.29, 0.717) is 19.6 Å². The van der Waals surface area contributed by atoms with Crippen molar-refractivity contribution in [3.8, 4) is 0 Å². The van der Waals surface area contributed by atoms with Crippen LogP contribution in [0.15, 0.2) is 0 Å². The highest BCUT2D eigenvalue weighted by atomic mass is 16.5. The Morgan fingerprint density at radius 1 is 1.06 bits per heavy atom. The van der Waals surface area contributed by atoms with Gasteiger partial charge in [0.1, 0.15) is 0 Å². The lowest BCUT2D eigenvalue weighted by Gasteiger charge is -2.28. The van der Waals surface area contributed by atoms with E-state index in [1.807, 2.05) is 0 Å². The minimum atomic E-state index is -0.109. The van der Waals surface area contributed by atoms with E-state index >= 15 is 0 Å². The van der Waals surface area contributed by atoms with Gasteiger partial charge in [-0.1, -0.05) is 0 Å². The number of carbonyl (C=O) groups excluding carboxylic acids is 2. The average molecular weight is 253 g/mol. The van der Waals surface area contributed by atoms with E-state index in [0.717, 1.165) is 32.8 Å². The summed E-state index contributed by atoms with van der Waals surface area (Å²) in [4.78, 5) is 27.9. The van der Waals surface area contributed by atoms with Gasteiger partial charge < -0.3 is 10.1 Å². The van der Waals surface area contributed by atoms with Crippen LogP contribution in [0, 0.1) is 11.8 Å². The largest absolute Gasteiger partial charge is 0.379 e. The van der Waals surface area contributed by atoms with Gasteiger partial charge in [-0.05, 0) is 0 Å². The van der Waals surface area contributed by atoms with E-state index in [1.165, 1.54) is 4.90 Å². The Bertz CT molecular complexity index is 332. The fraction of sp³-hybridized carbons (Fsp3) is 0.833. The lowest BCUT2D eigenvalue weighted by Crippen LogP contribution is -2.44. The van der Waals surface area contributed by atoms with Gasteiger partial charge in [-0.25, -0.2) is 0 Å². The van der Waals surface area contributed by atoms with Crippen LogP contribution in [0.2, 0.25) is 0 Å². The van der Waals surface area contributed by atoms with Crippen LogP contribution in [0.25, 0.3) is 0 Å². The van der Waals surface area contributed by atoms with Crippen LogP contribution in [0.4, 0.5) is 0 Å². The lowest BCUT2D eigenvalue weighted by molar-refractivity contribution is -0.140. The molecular weight excluding hydrogens is 234 g/mol. The maximum atomic E-state index is 12.1. The molecule has 100 valence electrons. The molecule has 0 aromatic carbocycles. The zero-order valence-corrected chi connectivity index (χ0v) is 10.4. The number of nitrogens with one attached hydrogen (secondary N) is 1. The van der Waals surface area contributed by atoms with Crippen molar-refractivity contribution in [1.29, 1.82) is 0 Å². The fourth-order valence-electron chi connectivity index (χ4n) is 2.99. The summed E-state index contributed by atoms with van der Waals surface area (Å²) in [5, 5.41) is 3.12. The Kier molecular flexibility index (Phi) is 3.32. The summed E-state index contributed by atoms with van der Waals surface area (Å²) in [5.74, 6) is -0.184. The van der Waals surface area contributed by atoms with Crippen molar-refractivity contribution in [1.82, 2.24) is 15.1 Å². The van der Waals surface area contributed by atoms with Gasteiger partial charge in [0.25, 0.3) is 0 Å². The van der Waals surface area contributed by atoms with Gasteiger partial charge in [0.2, 0.25) is 11.8 Å². The van der Waals surface area contributed by atoms with Crippen LogP contribution >= 0.6 is 0 Å². The van der Waals surface area contributed by atoms with Gasteiger partial charge in [0.15, 0.2) is 0 Å². The Morgan fingerprint density at radius 2 is 1.67 bits per heavy atom. The minimum absolute atomic E-state index is 0.0169. The second kappa shape index (κ2) is 4.95. The first-order valence-corrected chi connectivity index (χ1v) is 6.63. The molecular formula is C12H19N3O3. The van der Waals surface area contributed by atoms with E-state index in [2.05, 4.69) is 10.2 Å². The quantitative estimate of drug-likeness (QED) is 0.622. The van der Waals surface area contributed by atoms with Gasteiger partial charge in [0.05, 0.1) is 25.0 Å². The zero-order valence-electron chi connectivity index (χ0n) is 10.4. The molecule has 0 saturated carbocycles. The molecule has 3 aliphatic rings. The number of fused-ring (bicyclic) bond motifs is 1. The molecule has 1 N–H and O–H groups in total. The molecule has 18 heavy (non-hydrogen) atoms. The first-order chi connectivity index (χ1) is 8.77. The number of ether oxygens (including phenoxy) is 1. The van der Waals surface area contributed by atoms with Crippen molar-refractivity contribution in [2.45, 2.75) is 0 Å². The van der Waals surface area contributed by atoms with Crippen LogP contribution in [0.5, 0.6) is 0 Å². The van der Waals surface area contributed by atoms with Crippen LogP contribution in [0.1, 0.15) is 0 Å². The molecule has 3 fully saturated rings. The summed E-state index contributed by atoms with van der Waals surface area (Å²) in [6, 6.07) is 0. The van der Waals surface area contributed by atoms with Crippen molar-refractivity contribution in [3.05, 3.63) is 0 Å². The topological polar surface area (TPSA) is 61.9 Å². The molecule has 6 heteroatoms. The summed E-state index contributed by atoms with van der Waals surface area (Å²) in [6.45, 7) is 5.90. The van der Waals surface area contributed by atoms with Crippen molar-refractivity contribution >= 4 is 11.8 Å². The first kappa shape index (κ1) is 12.1. The average Bonchev–Trinajstić information content (AvgIpc) is 2.95. The first-order valence-electron chi connectivity index (χ1n) is 6.63. The van der Waals surface area contributed by atoms with Gasteiger partial charge in [0, 0.05) is 39.3 Å². The van der Waals surface area contributed by atoms with E-state index in [1.54, 1.807) is 0 Å². The Balaban J connectivity index is 1.56. The summed E-state index contributed by atoms with van der Waals surface area (Å²) >= 11 is 0. The number of amides is 2. The predicted molar refractivity (Wildman–Crippen MR) is 63.8 cm³/mol. The van der Waals surface area contributed by atoms with Gasteiger partial charge in [-0.15, -0.1) is 0 Å².